The second-order valence-corrected chi connectivity index (χ2v) is 6.19. The molecule has 0 saturated carbocycles. The van der Waals surface area contributed by atoms with Crippen LogP contribution < -0.4 is 16.5 Å². The lowest BCUT2D eigenvalue weighted by molar-refractivity contribution is 0.799. The molecule has 0 spiro atoms. The normalized spacial score (nSPS) is 11.3. The number of fused-ring (bicyclic) bond motifs is 2. The summed E-state index contributed by atoms with van der Waals surface area (Å²) in [6.45, 7) is 1.86. The maximum atomic E-state index is 12.9. The molecule has 6 nitrogen and oxygen atoms in total. The Morgan fingerprint density at radius 1 is 1.04 bits per heavy atom. The number of nitrogens with zero attached hydrogens (tertiary/aromatic N) is 1. The van der Waals surface area contributed by atoms with Crippen molar-refractivity contribution < 1.29 is 0 Å². The van der Waals surface area contributed by atoms with Crippen LogP contribution in [0, 0.1) is 6.92 Å². The van der Waals surface area contributed by atoms with Crippen molar-refractivity contribution in [1.29, 1.82) is 0 Å². The highest BCUT2D eigenvalue weighted by atomic mass is 35.5. The Kier molecular flexibility index (Phi) is 3.36. The van der Waals surface area contributed by atoms with Crippen LogP contribution in [0.15, 0.2) is 56.8 Å². The van der Waals surface area contributed by atoms with E-state index < -0.39 is 16.5 Å². The fraction of sp³-hybridized carbons (Fsp3) is 0.0556. The number of aromatic nitrogens is 3. The lowest BCUT2D eigenvalue weighted by atomic mass is 10.1. The molecular formula is C18H12ClN3O3. The molecule has 0 radical (unpaired) electrons. The summed E-state index contributed by atoms with van der Waals surface area (Å²) in [6.07, 6.45) is 0. The smallest absolute Gasteiger partial charge is 0.287 e. The number of rotatable bonds is 1. The highest BCUT2D eigenvalue weighted by Gasteiger charge is 2.16. The molecule has 124 valence electrons. The van der Waals surface area contributed by atoms with E-state index in [1.807, 2.05) is 6.92 Å². The number of aryl methyl sites for hydroxylation is 1. The van der Waals surface area contributed by atoms with E-state index in [-0.39, 0.29) is 10.9 Å². The van der Waals surface area contributed by atoms with Crippen molar-refractivity contribution in [1.82, 2.24) is 14.8 Å². The van der Waals surface area contributed by atoms with E-state index in [4.69, 9.17) is 11.6 Å². The van der Waals surface area contributed by atoms with Crippen LogP contribution in [0.5, 0.6) is 0 Å². The molecule has 0 aliphatic heterocycles. The number of nitrogens with one attached hydrogen (secondary N) is 2. The van der Waals surface area contributed by atoms with Gasteiger partial charge >= 0.3 is 0 Å². The Hall–Kier alpha value is -3.12. The van der Waals surface area contributed by atoms with E-state index >= 15 is 0 Å². The predicted octanol–water partition coefficient (Wildman–Crippen LogP) is 2.48. The first-order valence-corrected chi connectivity index (χ1v) is 7.92. The van der Waals surface area contributed by atoms with Crippen molar-refractivity contribution in [2.24, 2.45) is 0 Å². The maximum absolute atomic E-state index is 12.9. The Morgan fingerprint density at radius 3 is 2.56 bits per heavy atom. The summed E-state index contributed by atoms with van der Waals surface area (Å²) in [4.78, 5) is 41.0. The van der Waals surface area contributed by atoms with Crippen LogP contribution in [0.3, 0.4) is 0 Å². The minimum atomic E-state index is -0.632. The average Bonchev–Trinajstić information content (AvgIpc) is 2.58. The van der Waals surface area contributed by atoms with Gasteiger partial charge in [-0.15, -0.1) is 0 Å². The summed E-state index contributed by atoms with van der Waals surface area (Å²) < 4.78 is 1.01. The van der Waals surface area contributed by atoms with Gasteiger partial charge in [0.1, 0.15) is 10.9 Å². The Balaban J connectivity index is 2.20. The molecular weight excluding hydrogens is 342 g/mol. The van der Waals surface area contributed by atoms with E-state index in [1.54, 1.807) is 42.5 Å². The third kappa shape index (κ3) is 2.30. The molecule has 0 unspecified atom stereocenters. The number of hydrogen-bond donors (Lipinski definition) is 2. The zero-order valence-electron chi connectivity index (χ0n) is 13.1. The predicted molar refractivity (Wildman–Crippen MR) is 98.0 cm³/mol. The van der Waals surface area contributed by atoms with Crippen molar-refractivity contribution >= 4 is 33.4 Å². The summed E-state index contributed by atoms with van der Waals surface area (Å²) in [7, 11) is 0. The van der Waals surface area contributed by atoms with Gasteiger partial charge in [-0.25, -0.2) is 4.68 Å². The van der Waals surface area contributed by atoms with Crippen LogP contribution in [0.2, 0.25) is 5.02 Å². The lowest BCUT2D eigenvalue weighted by Crippen LogP contribution is -2.32. The quantitative estimate of drug-likeness (QED) is 0.515. The fourth-order valence-corrected chi connectivity index (χ4v) is 3.21. The summed E-state index contributed by atoms with van der Waals surface area (Å²) in [5.41, 5.74) is -0.0271. The topological polar surface area (TPSA) is 87.7 Å². The van der Waals surface area contributed by atoms with Gasteiger partial charge in [0.25, 0.3) is 11.1 Å². The van der Waals surface area contributed by atoms with E-state index in [1.165, 1.54) is 0 Å². The molecule has 0 bridgehead atoms. The number of H-pyrrole nitrogens is 2. The zero-order chi connectivity index (χ0) is 17.7. The van der Waals surface area contributed by atoms with Crippen molar-refractivity contribution in [3.8, 4) is 5.69 Å². The third-order valence-electron chi connectivity index (χ3n) is 4.11. The molecule has 2 aromatic heterocycles. The number of aromatic amines is 2. The molecule has 4 aromatic rings. The fourth-order valence-electron chi connectivity index (χ4n) is 2.89. The second-order valence-electron chi connectivity index (χ2n) is 5.79. The molecule has 0 aliphatic carbocycles. The molecule has 0 saturated heterocycles. The molecule has 2 heterocycles. The Labute approximate surface area is 145 Å². The second kappa shape index (κ2) is 5.46. The van der Waals surface area contributed by atoms with Crippen LogP contribution >= 0.6 is 11.6 Å². The number of benzene rings is 2. The first-order chi connectivity index (χ1) is 12.0. The summed E-state index contributed by atoms with van der Waals surface area (Å²) in [5.74, 6) is 0. The van der Waals surface area contributed by atoms with Crippen LogP contribution in [0.4, 0.5) is 0 Å². The van der Waals surface area contributed by atoms with E-state index in [0.717, 1.165) is 10.2 Å². The minimum absolute atomic E-state index is 0.0480. The standard InChI is InChI=1S/C18H12ClN3O3/c1-9-6-7-13(11(19)8-9)22-18(25)14-15(17(24)21-22)20-12-5-3-2-4-10(12)16(14)23/h2-8H,1H3,(H,20,23)(H,21,24). The van der Waals surface area contributed by atoms with Gasteiger partial charge < -0.3 is 4.98 Å². The van der Waals surface area contributed by atoms with Crippen LogP contribution in [-0.4, -0.2) is 14.8 Å². The van der Waals surface area contributed by atoms with Crippen molar-refractivity contribution in [2.75, 3.05) is 0 Å². The highest BCUT2D eigenvalue weighted by molar-refractivity contribution is 6.32. The first-order valence-electron chi connectivity index (χ1n) is 7.54. The largest absolute Gasteiger partial charge is 0.350 e. The van der Waals surface area contributed by atoms with Gasteiger partial charge in [0.05, 0.1) is 10.7 Å². The molecule has 0 atom stereocenters. The van der Waals surface area contributed by atoms with Gasteiger partial charge in [0.15, 0.2) is 0 Å². The highest BCUT2D eigenvalue weighted by Crippen LogP contribution is 2.20. The Morgan fingerprint density at radius 2 is 1.80 bits per heavy atom. The van der Waals surface area contributed by atoms with E-state index in [0.29, 0.717) is 21.6 Å². The van der Waals surface area contributed by atoms with Gasteiger partial charge in [0.2, 0.25) is 5.43 Å². The third-order valence-corrected chi connectivity index (χ3v) is 4.41. The van der Waals surface area contributed by atoms with Gasteiger partial charge in [0, 0.05) is 10.9 Å². The van der Waals surface area contributed by atoms with Gasteiger partial charge in [-0.3, -0.25) is 19.5 Å². The van der Waals surface area contributed by atoms with Crippen LogP contribution in [0.1, 0.15) is 5.56 Å². The molecule has 7 heteroatoms. The van der Waals surface area contributed by atoms with E-state index in [2.05, 4.69) is 10.1 Å². The van der Waals surface area contributed by atoms with Crippen LogP contribution in [0.25, 0.3) is 27.5 Å². The zero-order valence-corrected chi connectivity index (χ0v) is 13.8. The summed E-state index contributed by atoms with van der Waals surface area (Å²) >= 11 is 6.21. The monoisotopic (exact) mass is 353 g/mol. The van der Waals surface area contributed by atoms with Crippen molar-refractivity contribution in [3.63, 3.8) is 0 Å². The van der Waals surface area contributed by atoms with Crippen LogP contribution in [-0.2, 0) is 0 Å². The van der Waals surface area contributed by atoms with Crippen molar-refractivity contribution in [3.05, 3.63) is 84.0 Å². The molecule has 2 N–H and O–H groups in total. The SMILES string of the molecule is Cc1ccc(-n2[nH]c(=O)c3[nH]c4ccccc4c(=O)c3c2=O)c(Cl)c1. The average molecular weight is 354 g/mol. The lowest BCUT2D eigenvalue weighted by Gasteiger charge is -2.10. The molecule has 0 fully saturated rings. The van der Waals surface area contributed by atoms with Gasteiger partial charge in [-0.1, -0.05) is 29.8 Å². The number of pyridine rings is 1. The van der Waals surface area contributed by atoms with Gasteiger partial charge in [-0.2, -0.15) is 0 Å². The molecule has 25 heavy (non-hydrogen) atoms. The molecule has 0 amide bonds. The molecule has 2 aromatic carbocycles. The van der Waals surface area contributed by atoms with Gasteiger partial charge in [-0.05, 0) is 36.8 Å². The van der Waals surface area contributed by atoms with Crippen molar-refractivity contribution in [2.45, 2.75) is 6.92 Å². The maximum Gasteiger partial charge on any atom is 0.287 e. The molecule has 0 aliphatic rings. The summed E-state index contributed by atoms with van der Waals surface area (Å²) in [5, 5.41) is 2.93. The summed E-state index contributed by atoms with van der Waals surface area (Å²) in [6, 6.07) is 11.8. The van der Waals surface area contributed by atoms with E-state index in [9.17, 15) is 14.4 Å². The number of para-hydroxylation sites is 1. The first kappa shape index (κ1) is 15.4. The number of halogens is 1. The molecule has 4 rings (SSSR count). The minimum Gasteiger partial charge on any atom is -0.350 e. The Bertz CT molecular complexity index is 1330. The number of hydrogen-bond acceptors (Lipinski definition) is 3.